The highest BCUT2D eigenvalue weighted by Crippen LogP contribution is 2.29. The van der Waals surface area contributed by atoms with E-state index in [0.717, 1.165) is 17.7 Å². The summed E-state index contributed by atoms with van der Waals surface area (Å²) in [6.07, 6.45) is 4.96. The molecule has 0 aliphatic heterocycles. The minimum atomic E-state index is -0.551. The summed E-state index contributed by atoms with van der Waals surface area (Å²) in [5.74, 6) is 0.0392. The van der Waals surface area contributed by atoms with Gasteiger partial charge in [0.2, 0.25) is 0 Å². The first kappa shape index (κ1) is 31.6. The molecule has 3 rings (SSSR count). The van der Waals surface area contributed by atoms with Crippen molar-refractivity contribution in [3.63, 3.8) is 0 Å². The van der Waals surface area contributed by atoms with E-state index in [9.17, 15) is 14.4 Å². The molecule has 0 saturated heterocycles. The average molecular weight is 592 g/mol. The minimum absolute atomic E-state index is 0.227. The van der Waals surface area contributed by atoms with Crippen LogP contribution in [0.1, 0.15) is 28.8 Å². The van der Waals surface area contributed by atoms with E-state index in [4.69, 9.17) is 35.3 Å². The lowest BCUT2D eigenvalue weighted by Crippen LogP contribution is -2.09. The van der Waals surface area contributed by atoms with E-state index in [1.165, 1.54) is 6.07 Å². The Labute approximate surface area is 249 Å². The highest BCUT2D eigenvalue weighted by molar-refractivity contribution is 6.33. The lowest BCUT2D eigenvalue weighted by molar-refractivity contribution is -0.138. The van der Waals surface area contributed by atoms with E-state index < -0.39 is 17.9 Å². The lowest BCUT2D eigenvalue weighted by Gasteiger charge is -2.08. The fraction of sp³-hybridized carbons (Fsp3) is 0.188. The molecule has 0 aliphatic rings. The first-order valence-corrected chi connectivity index (χ1v) is 13.4. The molecule has 0 saturated carbocycles. The van der Waals surface area contributed by atoms with Crippen molar-refractivity contribution in [1.82, 2.24) is 0 Å². The normalized spacial score (nSPS) is 10.5. The van der Waals surface area contributed by atoms with Gasteiger partial charge < -0.3 is 23.7 Å². The summed E-state index contributed by atoms with van der Waals surface area (Å²) in [5.41, 5.74) is 1.67. The van der Waals surface area contributed by atoms with Gasteiger partial charge >= 0.3 is 17.9 Å². The van der Waals surface area contributed by atoms with E-state index in [1.54, 1.807) is 42.6 Å². The Bertz CT molecular complexity index is 1400. The second-order valence-electron chi connectivity index (χ2n) is 8.50. The molecule has 0 N–H and O–H groups in total. The average Bonchev–Trinajstić information content (AvgIpc) is 3.01. The van der Waals surface area contributed by atoms with Gasteiger partial charge in [-0.3, -0.25) is 4.99 Å². The maximum Gasteiger partial charge on any atom is 0.343 e. The summed E-state index contributed by atoms with van der Waals surface area (Å²) in [6, 6.07) is 18.6. The lowest BCUT2D eigenvalue weighted by atomic mass is 10.2. The number of hydrogen-bond donors (Lipinski definition) is 0. The van der Waals surface area contributed by atoms with Crippen molar-refractivity contribution in [1.29, 1.82) is 0 Å². The van der Waals surface area contributed by atoms with Crippen molar-refractivity contribution < 1.29 is 38.1 Å². The molecule has 10 heteroatoms. The molecular formula is C32H30ClNO8. The van der Waals surface area contributed by atoms with Gasteiger partial charge in [-0.1, -0.05) is 24.8 Å². The molecule has 42 heavy (non-hydrogen) atoms. The number of esters is 3. The predicted octanol–water partition coefficient (Wildman–Crippen LogP) is 6.31. The van der Waals surface area contributed by atoms with Crippen molar-refractivity contribution in [2.45, 2.75) is 12.8 Å². The minimum Gasteiger partial charge on any atom is -0.493 e. The summed E-state index contributed by atoms with van der Waals surface area (Å²) in [6.45, 7) is 7.91. The molecule has 3 aromatic rings. The maximum absolute atomic E-state index is 12.6. The molecule has 0 aliphatic carbocycles. The third kappa shape index (κ3) is 10.9. The van der Waals surface area contributed by atoms with E-state index >= 15 is 0 Å². The number of benzene rings is 3. The zero-order valence-corrected chi connectivity index (χ0v) is 23.6. The molecule has 3 aromatic carbocycles. The van der Waals surface area contributed by atoms with Crippen molar-refractivity contribution >= 4 is 41.4 Å². The highest BCUT2D eigenvalue weighted by atomic mass is 35.5. The van der Waals surface area contributed by atoms with Gasteiger partial charge in [-0.2, -0.15) is 0 Å². The SMILES string of the molecule is C=CC(=O)OCCCOc1ccc(C=Nc2ccc(OC(=O)c3ccc(OCCCOC(=O)C=C)cc3)cc2Cl)cc1. The van der Waals surface area contributed by atoms with E-state index in [2.05, 4.69) is 18.2 Å². The summed E-state index contributed by atoms with van der Waals surface area (Å²) < 4.78 is 26.4. The smallest absolute Gasteiger partial charge is 0.343 e. The Morgan fingerprint density at radius 3 is 1.76 bits per heavy atom. The number of halogens is 1. The van der Waals surface area contributed by atoms with Crippen LogP contribution in [-0.2, 0) is 19.1 Å². The predicted molar refractivity (Wildman–Crippen MR) is 159 cm³/mol. The topological polar surface area (TPSA) is 110 Å². The molecule has 9 nitrogen and oxygen atoms in total. The molecule has 218 valence electrons. The third-order valence-electron chi connectivity index (χ3n) is 5.39. The van der Waals surface area contributed by atoms with E-state index in [0.29, 0.717) is 53.8 Å². The van der Waals surface area contributed by atoms with Crippen LogP contribution in [0.25, 0.3) is 0 Å². The first-order chi connectivity index (χ1) is 20.4. The number of nitrogens with zero attached hydrogens (tertiary/aromatic N) is 1. The summed E-state index contributed by atoms with van der Waals surface area (Å²) >= 11 is 6.37. The number of aliphatic imine (C=N–C) groups is 1. The Kier molecular flexibility index (Phi) is 12.8. The second kappa shape index (κ2) is 17.0. The molecule has 0 fully saturated rings. The van der Waals surface area contributed by atoms with Crippen molar-refractivity contribution in [2.75, 3.05) is 26.4 Å². The van der Waals surface area contributed by atoms with Gasteiger partial charge in [0.25, 0.3) is 0 Å². The standard InChI is InChI=1S/C32H30ClNO8/c1-3-30(35)40-19-5-17-38-25-11-7-23(8-12-25)22-34-29-16-15-27(21-28(29)33)42-32(37)24-9-13-26(14-10-24)39-18-6-20-41-31(36)4-2/h3-4,7-16,21-22H,1-2,5-6,17-20H2. The number of carbonyl (C=O) groups excluding carboxylic acids is 3. The zero-order valence-electron chi connectivity index (χ0n) is 22.8. The van der Waals surface area contributed by atoms with Crippen LogP contribution in [0, 0.1) is 0 Å². The van der Waals surface area contributed by atoms with Crippen molar-refractivity contribution in [3.05, 3.63) is 108 Å². The zero-order chi connectivity index (χ0) is 30.2. The summed E-state index contributed by atoms with van der Waals surface area (Å²) in [7, 11) is 0. The number of ether oxygens (including phenoxy) is 5. The summed E-state index contributed by atoms with van der Waals surface area (Å²) in [4.78, 5) is 39.0. The van der Waals surface area contributed by atoms with Crippen LogP contribution in [-0.4, -0.2) is 50.6 Å². The van der Waals surface area contributed by atoms with Crippen LogP contribution in [0.2, 0.25) is 5.02 Å². The maximum atomic E-state index is 12.6. The third-order valence-corrected chi connectivity index (χ3v) is 5.69. The van der Waals surface area contributed by atoms with Gasteiger partial charge in [-0.05, 0) is 66.2 Å². The van der Waals surface area contributed by atoms with Crippen LogP contribution in [0.15, 0.2) is 97.0 Å². The number of hydrogen-bond acceptors (Lipinski definition) is 9. The molecule has 0 atom stereocenters. The fourth-order valence-electron chi connectivity index (χ4n) is 3.26. The van der Waals surface area contributed by atoms with Crippen LogP contribution in [0.3, 0.4) is 0 Å². The van der Waals surface area contributed by atoms with Crippen molar-refractivity contribution in [3.8, 4) is 17.2 Å². The molecule has 0 amide bonds. The molecule has 0 unspecified atom stereocenters. The monoisotopic (exact) mass is 591 g/mol. The second-order valence-corrected chi connectivity index (χ2v) is 8.91. The highest BCUT2D eigenvalue weighted by Gasteiger charge is 2.11. The Morgan fingerprint density at radius 2 is 1.24 bits per heavy atom. The molecule has 0 aromatic heterocycles. The molecule has 0 radical (unpaired) electrons. The van der Waals surface area contributed by atoms with E-state index in [-0.39, 0.29) is 19.0 Å². The molecule has 0 bridgehead atoms. The largest absolute Gasteiger partial charge is 0.493 e. The van der Waals surface area contributed by atoms with Crippen molar-refractivity contribution in [2.24, 2.45) is 4.99 Å². The Morgan fingerprint density at radius 1 is 0.714 bits per heavy atom. The summed E-state index contributed by atoms with van der Waals surface area (Å²) in [5, 5.41) is 0.316. The van der Waals surface area contributed by atoms with Crippen LogP contribution < -0.4 is 14.2 Å². The van der Waals surface area contributed by atoms with E-state index in [1.807, 2.05) is 24.3 Å². The van der Waals surface area contributed by atoms with Gasteiger partial charge in [0, 0.05) is 37.3 Å². The van der Waals surface area contributed by atoms with Crippen LogP contribution in [0.4, 0.5) is 5.69 Å². The van der Waals surface area contributed by atoms with Crippen LogP contribution >= 0.6 is 11.6 Å². The Balaban J connectivity index is 1.45. The van der Waals surface area contributed by atoms with Crippen LogP contribution in [0.5, 0.6) is 17.2 Å². The van der Waals surface area contributed by atoms with Gasteiger partial charge in [0.15, 0.2) is 0 Å². The molecule has 0 spiro atoms. The molecular weight excluding hydrogens is 562 g/mol. The number of rotatable bonds is 16. The first-order valence-electron chi connectivity index (χ1n) is 13.0. The Hall–Kier alpha value is -4.89. The molecule has 0 heterocycles. The quantitative estimate of drug-likeness (QED) is 0.0627. The van der Waals surface area contributed by atoms with Gasteiger partial charge in [0.1, 0.15) is 17.2 Å². The van der Waals surface area contributed by atoms with Gasteiger partial charge in [0.05, 0.1) is 42.7 Å². The van der Waals surface area contributed by atoms with Gasteiger partial charge in [-0.25, -0.2) is 14.4 Å². The van der Waals surface area contributed by atoms with Gasteiger partial charge in [-0.15, -0.1) is 0 Å². The fourth-order valence-corrected chi connectivity index (χ4v) is 3.48. The number of carbonyl (C=O) groups is 3.